The van der Waals surface area contributed by atoms with Crippen molar-refractivity contribution in [3.05, 3.63) is 72.3 Å². The fourth-order valence-electron chi connectivity index (χ4n) is 4.15. The van der Waals surface area contributed by atoms with Gasteiger partial charge in [-0.3, -0.25) is 4.79 Å². The van der Waals surface area contributed by atoms with Gasteiger partial charge in [-0.25, -0.2) is 0 Å². The highest BCUT2D eigenvalue weighted by Crippen LogP contribution is 2.31. The molecule has 0 atom stereocenters. The molecule has 0 saturated heterocycles. The van der Waals surface area contributed by atoms with E-state index in [1.54, 1.807) is 0 Å². The minimum absolute atomic E-state index is 0.0759. The van der Waals surface area contributed by atoms with E-state index < -0.39 is 5.97 Å². The van der Waals surface area contributed by atoms with Crippen LogP contribution in [-0.2, 0) is 11.3 Å². The Morgan fingerprint density at radius 3 is 2.24 bits per heavy atom. The average Bonchev–Trinajstić information content (AvgIpc) is 3.11. The Morgan fingerprint density at radius 1 is 0.818 bits per heavy atom. The van der Waals surface area contributed by atoms with Gasteiger partial charge < -0.3 is 19.1 Å². The van der Waals surface area contributed by atoms with Crippen molar-refractivity contribution < 1.29 is 19.4 Å². The van der Waals surface area contributed by atoms with Crippen molar-refractivity contribution in [2.75, 3.05) is 13.2 Å². The second kappa shape index (κ2) is 10.4. The van der Waals surface area contributed by atoms with E-state index in [0.717, 1.165) is 52.6 Å². The maximum atomic E-state index is 11.4. The lowest BCUT2D eigenvalue weighted by molar-refractivity contribution is -0.137. The number of hydrogen-bond donors (Lipinski definition) is 1. The van der Waals surface area contributed by atoms with Crippen LogP contribution in [-0.4, -0.2) is 28.9 Å². The number of carboxylic acids is 1. The van der Waals surface area contributed by atoms with E-state index in [9.17, 15) is 9.90 Å². The monoisotopic (exact) mass is 445 g/mol. The Kier molecular flexibility index (Phi) is 7.18. The van der Waals surface area contributed by atoms with Crippen molar-refractivity contribution in [1.82, 2.24) is 4.57 Å². The average molecular weight is 446 g/mol. The number of fused-ring (bicyclic) bond motifs is 3. The third kappa shape index (κ3) is 5.48. The van der Waals surface area contributed by atoms with Crippen LogP contribution in [0.15, 0.2) is 66.7 Å². The molecule has 0 saturated carbocycles. The van der Waals surface area contributed by atoms with E-state index >= 15 is 0 Å². The summed E-state index contributed by atoms with van der Waals surface area (Å²) in [7, 11) is 0. The van der Waals surface area contributed by atoms with Crippen LogP contribution in [0.5, 0.6) is 11.5 Å². The molecule has 4 aromatic rings. The number of hydrogen-bond acceptors (Lipinski definition) is 3. The minimum atomic E-state index is -0.859. The Hall–Kier alpha value is -3.47. The van der Waals surface area contributed by atoms with E-state index in [1.807, 2.05) is 59.2 Å². The molecule has 0 bridgehead atoms. The van der Waals surface area contributed by atoms with Crippen LogP contribution in [0, 0.1) is 0 Å². The summed E-state index contributed by atoms with van der Waals surface area (Å²) in [6.45, 7) is 5.61. The Balaban J connectivity index is 1.29. The molecular weight excluding hydrogens is 414 g/mol. The van der Waals surface area contributed by atoms with Crippen LogP contribution in [0.4, 0.5) is 0 Å². The van der Waals surface area contributed by atoms with Crippen molar-refractivity contribution in [2.24, 2.45) is 0 Å². The van der Waals surface area contributed by atoms with Crippen LogP contribution in [0.25, 0.3) is 21.8 Å². The Bertz CT molecular complexity index is 1240. The van der Waals surface area contributed by atoms with Gasteiger partial charge in [0.15, 0.2) is 0 Å². The van der Waals surface area contributed by atoms with Crippen LogP contribution in [0.1, 0.15) is 44.6 Å². The highest BCUT2D eigenvalue weighted by molar-refractivity contribution is 6.08. The van der Waals surface area contributed by atoms with Crippen LogP contribution < -0.4 is 9.47 Å². The summed E-state index contributed by atoms with van der Waals surface area (Å²) in [5.41, 5.74) is 3.10. The second-order valence-corrected chi connectivity index (χ2v) is 8.66. The summed E-state index contributed by atoms with van der Waals surface area (Å²) in [6, 6.07) is 22.1. The zero-order valence-corrected chi connectivity index (χ0v) is 19.3. The maximum Gasteiger partial charge on any atom is 0.323 e. The molecule has 5 nitrogen and oxygen atoms in total. The van der Waals surface area contributed by atoms with E-state index in [-0.39, 0.29) is 6.54 Å². The lowest BCUT2D eigenvalue weighted by atomic mass is 10.0. The van der Waals surface area contributed by atoms with Crippen LogP contribution in [0.2, 0.25) is 0 Å². The summed E-state index contributed by atoms with van der Waals surface area (Å²) < 4.78 is 13.7. The van der Waals surface area contributed by atoms with Crippen molar-refractivity contribution in [3.63, 3.8) is 0 Å². The van der Waals surface area contributed by atoms with Crippen molar-refractivity contribution in [2.45, 2.75) is 45.6 Å². The first kappa shape index (κ1) is 22.7. The van der Waals surface area contributed by atoms with E-state index in [4.69, 9.17) is 9.47 Å². The number of ether oxygens (including phenoxy) is 2. The molecule has 3 aromatic carbocycles. The normalized spacial score (nSPS) is 11.4. The summed E-state index contributed by atoms with van der Waals surface area (Å²) >= 11 is 0. The third-order valence-electron chi connectivity index (χ3n) is 5.89. The molecule has 33 heavy (non-hydrogen) atoms. The lowest BCUT2D eigenvalue weighted by Gasteiger charge is -2.10. The fourth-order valence-corrected chi connectivity index (χ4v) is 4.15. The molecule has 0 fully saturated rings. The predicted molar refractivity (Wildman–Crippen MR) is 132 cm³/mol. The number of para-hydroxylation sites is 1. The topological polar surface area (TPSA) is 60.7 Å². The largest absolute Gasteiger partial charge is 0.494 e. The number of aliphatic carboxylic acids is 1. The zero-order valence-electron chi connectivity index (χ0n) is 19.3. The second-order valence-electron chi connectivity index (χ2n) is 8.66. The van der Waals surface area contributed by atoms with Gasteiger partial charge in [-0.2, -0.15) is 0 Å². The molecular formula is C28H31NO4. The number of benzene rings is 3. The molecule has 0 aliphatic carbocycles. The first-order chi connectivity index (χ1) is 16.0. The summed E-state index contributed by atoms with van der Waals surface area (Å²) in [4.78, 5) is 11.4. The number of nitrogens with zero attached hydrogens (tertiary/aromatic N) is 1. The SMILES string of the molecule is CC(C)c1cccc(OCCCCCOc2ccc3c4ccccc4n(CC(=O)O)c3c2)c1. The molecule has 1 aromatic heterocycles. The summed E-state index contributed by atoms with van der Waals surface area (Å²) in [5, 5.41) is 11.5. The number of unbranched alkanes of at least 4 members (excludes halogenated alkanes) is 2. The Labute approximate surface area is 194 Å². The summed E-state index contributed by atoms with van der Waals surface area (Å²) in [5.74, 6) is 1.33. The van der Waals surface area contributed by atoms with Crippen LogP contribution >= 0.6 is 0 Å². The molecule has 4 rings (SSSR count). The molecule has 0 unspecified atom stereocenters. The molecule has 0 spiro atoms. The first-order valence-electron chi connectivity index (χ1n) is 11.6. The first-order valence-corrected chi connectivity index (χ1v) is 11.6. The third-order valence-corrected chi connectivity index (χ3v) is 5.89. The number of aromatic nitrogens is 1. The molecule has 1 N–H and O–H groups in total. The molecule has 0 amide bonds. The van der Waals surface area contributed by atoms with E-state index in [0.29, 0.717) is 19.1 Å². The van der Waals surface area contributed by atoms with Crippen molar-refractivity contribution >= 4 is 27.8 Å². The quantitative estimate of drug-likeness (QED) is 0.263. The summed E-state index contributed by atoms with van der Waals surface area (Å²) in [6.07, 6.45) is 2.93. The highest BCUT2D eigenvalue weighted by Gasteiger charge is 2.13. The predicted octanol–water partition coefficient (Wildman–Crippen LogP) is 6.63. The molecule has 0 aliphatic heterocycles. The number of carboxylic acid groups (broad SMARTS) is 1. The Morgan fingerprint density at radius 2 is 1.52 bits per heavy atom. The number of carbonyl (C=O) groups is 1. The van der Waals surface area contributed by atoms with Gasteiger partial charge in [0, 0.05) is 22.4 Å². The molecule has 0 aliphatic rings. The van der Waals surface area contributed by atoms with Crippen molar-refractivity contribution in [1.29, 1.82) is 0 Å². The van der Waals surface area contributed by atoms with Gasteiger partial charge in [0.05, 0.1) is 18.7 Å². The minimum Gasteiger partial charge on any atom is -0.494 e. The lowest BCUT2D eigenvalue weighted by Crippen LogP contribution is -2.08. The van der Waals surface area contributed by atoms with E-state index in [2.05, 4.69) is 26.0 Å². The molecule has 5 heteroatoms. The van der Waals surface area contributed by atoms with Gasteiger partial charge in [-0.15, -0.1) is 0 Å². The smallest absolute Gasteiger partial charge is 0.323 e. The molecule has 1 heterocycles. The number of rotatable bonds is 11. The maximum absolute atomic E-state index is 11.4. The molecule has 172 valence electrons. The molecule has 0 radical (unpaired) electrons. The highest BCUT2D eigenvalue weighted by atomic mass is 16.5. The van der Waals surface area contributed by atoms with Gasteiger partial charge in [0.25, 0.3) is 0 Å². The van der Waals surface area contributed by atoms with Crippen molar-refractivity contribution in [3.8, 4) is 11.5 Å². The fraction of sp³-hybridized carbons (Fsp3) is 0.321. The van der Waals surface area contributed by atoms with Gasteiger partial charge in [-0.05, 0) is 61.1 Å². The van der Waals surface area contributed by atoms with Gasteiger partial charge in [-0.1, -0.05) is 44.2 Å². The van der Waals surface area contributed by atoms with Gasteiger partial charge >= 0.3 is 5.97 Å². The zero-order chi connectivity index (χ0) is 23.2. The standard InChI is InChI=1S/C28H31NO4/c1-20(2)21-9-8-10-22(17-21)32-15-6-3-7-16-33-23-13-14-25-24-11-4-5-12-26(24)29(19-28(30)31)27(25)18-23/h4-5,8-14,17-18,20H,3,6-7,15-16,19H2,1-2H3,(H,30,31). The van der Waals surface area contributed by atoms with Gasteiger partial charge in [0.1, 0.15) is 18.0 Å². The van der Waals surface area contributed by atoms with Crippen LogP contribution in [0.3, 0.4) is 0 Å². The van der Waals surface area contributed by atoms with E-state index in [1.165, 1.54) is 5.56 Å². The van der Waals surface area contributed by atoms with Gasteiger partial charge in [0.2, 0.25) is 0 Å².